The Hall–Kier alpha value is 0.550. The number of hydrogen-bond donors (Lipinski definition) is 0. The maximum absolute atomic E-state index is 11.8. The fourth-order valence-electron chi connectivity index (χ4n) is 1.58. The van der Waals surface area contributed by atoms with Crippen LogP contribution >= 0.6 is 31.9 Å². The lowest BCUT2D eigenvalue weighted by atomic mass is 9.99. The molecule has 0 N–H and O–H groups in total. The van der Waals surface area contributed by atoms with E-state index in [4.69, 9.17) is 0 Å². The molecule has 0 spiro atoms. The van der Waals surface area contributed by atoms with Crippen molar-refractivity contribution in [2.24, 2.45) is 0 Å². The molecule has 13 heavy (non-hydrogen) atoms. The smallest absolute Gasteiger partial charge is 0.184 e. The molecule has 0 aromatic carbocycles. The summed E-state index contributed by atoms with van der Waals surface area (Å²) >= 11 is 6.54. The number of nitrogens with zero attached hydrogens (tertiary/aromatic N) is 1. The minimum atomic E-state index is -0.976. The second-order valence-electron chi connectivity index (χ2n) is 4.32. The lowest BCUT2D eigenvalue weighted by Crippen LogP contribution is -2.48. The second-order valence-corrected chi connectivity index (χ2v) is 7.76. The lowest BCUT2D eigenvalue weighted by molar-refractivity contribution is -0.241. The topological polar surface area (TPSA) is 40.2 Å². The van der Waals surface area contributed by atoms with Crippen molar-refractivity contribution in [3.63, 3.8) is 0 Å². The number of halogens is 2. The second kappa shape index (κ2) is 2.78. The summed E-state index contributed by atoms with van der Waals surface area (Å²) < 4.78 is -0.946. The first-order chi connectivity index (χ1) is 5.56. The number of ketones is 1. The number of rotatable bonds is 0. The van der Waals surface area contributed by atoms with Crippen molar-refractivity contribution >= 4 is 37.6 Å². The SMILES string of the molecule is CC1(C)C(=O)C(Br)(Br)C(C)(C)N1[O]. The third kappa shape index (κ3) is 1.24. The van der Waals surface area contributed by atoms with E-state index in [1.54, 1.807) is 27.7 Å². The highest BCUT2D eigenvalue weighted by molar-refractivity contribution is 9.26. The van der Waals surface area contributed by atoms with Gasteiger partial charge in [0, 0.05) is 0 Å². The third-order valence-corrected chi connectivity index (χ3v) is 5.29. The Bertz CT molecular complexity index is 261. The van der Waals surface area contributed by atoms with E-state index in [9.17, 15) is 10.0 Å². The summed E-state index contributed by atoms with van der Waals surface area (Å²) in [5.41, 5.74) is -1.76. The van der Waals surface area contributed by atoms with Crippen LogP contribution in [0.2, 0.25) is 0 Å². The van der Waals surface area contributed by atoms with Crippen molar-refractivity contribution in [2.75, 3.05) is 0 Å². The molecule has 1 saturated heterocycles. The molecule has 0 unspecified atom stereocenters. The molecular formula is C8H12Br2NO2. The van der Waals surface area contributed by atoms with E-state index in [1.807, 2.05) is 0 Å². The van der Waals surface area contributed by atoms with Gasteiger partial charge in [-0.15, -0.1) is 10.3 Å². The van der Waals surface area contributed by atoms with E-state index >= 15 is 0 Å². The molecule has 75 valence electrons. The molecule has 1 fully saturated rings. The Labute approximate surface area is 94.7 Å². The summed E-state index contributed by atoms with van der Waals surface area (Å²) in [4.78, 5) is 11.8. The highest BCUT2D eigenvalue weighted by Crippen LogP contribution is 2.52. The van der Waals surface area contributed by atoms with Crippen molar-refractivity contribution < 1.29 is 10.0 Å². The number of hydroxylamine groups is 2. The number of carbonyl (C=O) groups excluding carboxylic acids is 1. The maximum atomic E-state index is 11.8. The van der Waals surface area contributed by atoms with Gasteiger partial charge in [0.05, 0.1) is 5.54 Å². The van der Waals surface area contributed by atoms with Gasteiger partial charge in [0.15, 0.2) is 9.02 Å². The molecule has 1 aliphatic rings. The standard InChI is InChI=1S/C8H12Br2NO2/c1-6(2)5(12)8(9,10)7(3,4)11(6)13/h1-4H3. The van der Waals surface area contributed by atoms with E-state index in [0.717, 1.165) is 5.06 Å². The molecule has 0 aliphatic carbocycles. The van der Waals surface area contributed by atoms with Crippen LogP contribution in [0.15, 0.2) is 0 Å². The van der Waals surface area contributed by atoms with Gasteiger partial charge in [0.2, 0.25) is 0 Å². The molecule has 0 bridgehead atoms. The summed E-state index contributed by atoms with van der Waals surface area (Å²) in [5.74, 6) is -0.139. The maximum Gasteiger partial charge on any atom is 0.184 e. The Balaban J connectivity index is 3.29. The largest absolute Gasteiger partial charge is 0.295 e. The predicted octanol–water partition coefficient (Wildman–Crippen LogP) is 2.26. The number of Topliss-reactive ketones (excluding diaryl/α,β-unsaturated/α-hetero) is 1. The van der Waals surface area contributed by atoms with Gasteiger partial charge in [0.1, 0.15) is 5.54 Å². The van der Waals surface area contributed by atoms with Gasteiger partial charge < -0.3 is 0 Å². The number of carbonyl (C=O) groups is 1. The zero-order chi connectivity index (χ0) is 10.7. The van der Waals surface area contributed by atoms with E-state index in [2.05, 4.69) is 31.9 Å². The fourth-order valence-corrected chi connectivity index (χ4v) is 2.87. The van der Waals surface area contributed by atoms with Crippen LogP contribution in [0.3, 0.4) is 0 Å². The summed E-state index contributed by atoms with van der Waals surface area (Å²) in [6.07, 6.45) is 0. The monoisotopic (exact) mass is 312 g/mol. The van der Waals surface area contributed by atoms with Gasteiger partial charge in [0.25, 0.3) is 0 Å². The van der Waals surface area contributed by atoms with Crippen LogP contribution < -0.4 is 0 Å². The lowest BCUT2D eigenvalue weighted by Gasteiger charge is -2.33. The first-order valence-corrected chi connectivity index (χ1v) is 5.55. The Morgan fingerprint density at radius 3 is 1.62 bits per heavy atom. The summed E-state index contributed by atoms with van der Waals surface area (Å²) in [6, 6.07) is 0. The van der Waals surface area contributed by atoms with Crippen LogP contribution in [0.1, 0.15) is 27.7 Å². The van der Waals surface area contributed by atoms with E-state index in [-0.39, 0.29) is 5.78 Å². The first kappa shape index (κ1) is 11.6. The summed E-state index contributed by atoms with van der Waals surface area (Å²) in [5, 5.41) is 12.6. The molecule has 5 heteroatoms. The molecule has 3 nitrogen and oxygen atoms in total. The van der Waals surface area contributed by atoms with Gasteiger partial charge in [-0.3, -0.25) is 4.79 Å². The van der Waals surface area contributed by atoms with Crippen LogP contribution in [0.5, 0.6) is 0 Å². The third-order valence-electron chi connectivity index (χ3n) is 2.62. The highest BCUT2D eigenvalue weighted by Gasteiger charge is 2.66. The average Bonchev–Trinajstić information content (AvgIpc) is 2.05. The zero-order valence-corrected chi connectivity index (χ0v) is 11.2. The van der Waals surface area contributed by atoms with Crippen molar-refractivity contribution in [1.82, 2.24) is 5.06 Å². The van der Waals surface area contributed by atoms with Gasteiger partial charge >= 0.3 is 0 Å². The Morgan fingerprint density at radius 2 is 1.54 bits per heavy atom. The molecule has 0 aromatic heterocycles. The minimum absolute atomic E-state index is 0.139. The van der Waals surface area contributed by atoms with Gasteiger partial charge in [-0.05, 0) is 27.7 Å². The van der Waals surface area contributed by atoms with Gasteiger partial charge in [-0.1, -0.05) is 31.9 Å². The summed E-state index contributed by atoms with van der Waals surface area (Å²) in [7, 11) is 0. The van der Waals surface area contributed by atoms with Crippen LogP contribution in [0.25, 0.3) is 0 Å². The molecule has 1 aliphatic heterocycles. The van der Waals surface area contributed by atoms with Crippen LogP contribution in [0, 0.1) is 0 Å². The number of alkyl halides is 2. The zero-order valence-electron chi connectivity index (χ0n) is 8.02. The molecular weight excluding hydrogens is 302 g/mol. The fraction of sp³-hybridized carbons (Fsp3) is 0.875. The average molecular weight is 314 g/mol. The van der Waals surface area contributed by atoms with Crippen molar-refractivity contribution in [2.45, 2.75) is 42.0 Å². The molecule has 0 atom stereocenters. The van der Waals surface area contributed by atoms with Crippen molar-refractivity contribution in [3.05, 3.63) is 0 Å². The van der Waals surface area contributed by atoms with Gasteiger partial charge in [-0.25, -0.2) is 0 Å². The Morgan fingerprint density at radius 1 is 1.15 bits per heavy atom. The summed E-state index contributed by atoms with van der Waals surface area (Å²) in [6.45, 7) is 6.73. The molecule has 1 heterocycles. The van der Waals surface area contributed by atoms with Crippen LogP contribution in [-0.2, 0) is 10.0 Å². The number of hydrogen-bond acceptors (Lipinski definition) is 2. The van der Waals surface area contributed by atoms with Crippen molar-refractivity contribution in [3.8, 4) is 0 Å². The quantitative estimate of drug-likeness (QED) is 0.644. The molecule has 0 saturated carbocycles. The van der Waals surface area contributed by atoms with Crippen LogP contribution in [-0.4, -0.2) is 25.2 Å². The molecule has 0 amide bonds. The van der Waals surface area contributed by atoms with E-state index in [1.165, 1.54) is 0 Å². The Kier molecular flexibility index (Phi) is 2.48. The minimum Gasteiger partial charge on any atom is -0.295 e. The van der Waals surface area contributed by atoms with E-state index < -0.39 is 14.3 Å². The van der Waals surface area contributed by atoms with Crippen molar-refractivity contribution in [1.29, 1.82) is 0 Å². The first-order valence-electron chi connectivity index (χ1n) is 3.96. The van der Waals surface area contributed by atoms with Crippen LogP contribution in [0.4, 0.5) is 0 Å². The normalized spacial score (nSPS) is 30.8. The highest BCUT2D eigenvalue weighted by atomic mass is 79.9. The van der Waals surface area contributed by atoms with E-state index in [0.29, 0.717) is 0 Å². The molecule has 1 rings (SSSR count). The molecule has 1 radical (unpaired) electrons. The molecule has 0 aromatic rings. The van der Waals surface area contributed by atoms with Gasteiger partial charge in [-0.2, -0.15) is 0 Å². The predicted molar refractivity (Wildman–Crippen MR) is 56.3 cm³/mol.